The summed E-state index contributed by atoms with van der Waals surface area (Å²) in [5, 5.41) is 13.4. The second kappa shape index (κ2) is 7.04. The highest BCUT2D eigenvalue weighted by molar-refractivity contribution is 6.09. The Labute approximate surface area is 154 Å². The number of aliphatic hydroxyl groups is 1. The maximum absolute atomic E-state index is 13.0. The lowest BCUT2D eigenvalue weighted by Gasteiger charge is -2.38. The summed E-state index contributed by atoms with van der Waals surface area (Å²) in [6.07, 6.45) is 0.384. The largest absolute Gasteiger partial charge is 0.390 e. The monoisotopic (exact) mass is 351 g/mol. The van der Waals surface area contributed by atoms with Gasteiger partial charge in [0, 0.05) is 18.0 Å². The van der Waals surface area contributed by atoms with E-state index in [-0.39, 0.29) is 24.0 Å². The van der Waals surface area contributed by atoms with Crippen molar-refractivity contribution in [3.05, 3.63) is 65.2 Å². The van der Waals surface area contributed by atoms with Gasteiger partial charge in [0.2, 0.25) is 5.91 Å². The third-order valence-corrected chi connectivity index (χ3v) is 5.11. The van der Waals surface area contributed by atoms with Gasteiger partial charge >= 0.3 is 0 Å². The molecule has 1 saturated carbocycles. The molecule has 0 spiro atoms. The van der Waals surface area contributed by atoms with E-state index in [1.165, 1.54) is 0 Å². The summed E-state index contributed by atoms with van der Waals surface area (Å²) in [5.74, 6) is -1.64. The molecule has 0 unspecified atom stereocenters. The lowest BCUT2D eigenvalue weighted by molar-refractivity contribution is -0.140. The Morgan fingerprint density at radius 3 is 2.50 bits per heavy atom. The van der Waals surface area contributed by atoms with Gasteiger partial charge in [-0.05, 0) is 44.4 Å². The highest BCUT2D eigenvalue weighted by Gasteiger charge is 2.46. The molecule has 0 heterocycles. The zero-order chi connectivity index (χ0) is 18.9. The predicted octanol–water partition coefficient (Wildman–Crippen LogP) is 3.76. The predicted molar refractivity (Wildman–Crippen MR) is 102 cm³/mol. The van der Waals surface area contributed by atoms with E-state index in [2.05, 4.69) is 5.32 Å². The number of carbonyl (C=O) groups excluding carboxylic acids is 2. The Morgan fingerprint density at radius 2 is 1.85 bits per heavy atom. The first-order valence-electron chi connectivity index (χ1n) is 8.95. The van der Waals surface area contributed by atoms with Crippen molar-refractivity contribution in [1.82, 2.24) is 0 Å². The molecule has 3 atom stereocenters. The fourth-order valence-electron chi connectivity index (χ4n) is 3.88. The molecule has 1 fully saturated rings. The number of hydrogen-bond acceptors (Lipinski definition) is 3. The van der Waals surface area contributed by atoms with Crippen LogP contribution in [0.25, 0.3) is 0 Å². The molecular formula is C22H25NO3. The van der Waals surface area contributed by atoms with Gasteiger partial charge in [-0.25, -0.2) is 0 Å². The van der Waals surface area contributed by atoms with Gasteiger partial charge in [0.15, 0.2) is 0 Å². The number of Topliss-reactive ketones (excluding diaryl/α,β-unsaturated/α-hetero) is 1. The van der Waals surface area contributed by atoms with Crippen LogP contribution in [0.2, 0.25) is 0 Å². The molecule has 0 aliphatic heterocycles. The lowest BCUT2D eigenvalue weighted by Crippen LogP contribution is -2.46. The van der Waals surface area contributed by atoms with Crippen LogP contribution < -0.4 is 5.32 Å². The van der Waals surface area contributed by atoms with Crippen LogP contribution in [0.4, 0.5) is 5.69 Å². The number of aryl methyl sites for hydroxylation is 2. The van der Waals surface area contributed by atoms with E-state index < -0.39 is 11.5 Å². The number of carbonyl (C=O) groups is 2. The Morgan fingerprint density at radius 1 is 1.15 bits per heavy atom. The topological polar surface area (TPSA) is 66.4 Å². The van der Waals surface area contributed by atoms with Crippen LogP contribution in [0.5, 0.6) is 0 Å². The SMILES string of the molecule is Cc1ccc(NC(=O)[C@@H]2C(=O)C[C@](C)(O)C[C@@H]2c2ccccc2)c(C)c1. The van der Waals surface area contributed by atoms with Gasteiger partial charge in [-0.2, -0.15) is 0 Å². The van der Waals surface area contributed by atoms with Gasteiger partial charge in [-0.1, -0.05) is 48.0 Å². The zero-order valence-corrected chi connectivity index (χ0v) is 15.5. The molecule has 0 saturated heterocycles. The zero-order valence-electron chi connectivity index (χ0n) is 15.5. The molecule has 0 aromatic heterocycles. The molecule has 1 amide bonds. The van der Waals surface area contributed by atoms with E-state index in [9.17, 15) is 14.7 Å². The van der Waals surface area contributed by atoms with E-state index >= 15 is 0 Å². The number of amides is 1. The Balaban J connectivity index is 1.91. The summed E-state index contributed by atoms with van der Waals surface area (Å²) in [7, 11) is 0. The number of benzene rings is 2. The number of ketones is 1. The van der Waals surface area contributed by atoms with Crippen LogP contribution in [0.1, 0.15) is 42.4 Å². The summed E-state index contributed by atoms with van der Waals surface area (Å²) in [4.78, 5) is 25.7. The highest BCUT2D eigenvalue weighted by atomic mass is 16.3. The maximum Gasteiger partial charge on any atom is 0.235 e. The molecule has 2 aromatic rings. The standard InChI is InChI=1S/C22H25NO3/c1-14-9-10-18(15(2)11-14)23-21(25)20-17(16-7-5-4-6-8-16)12-22(3,26)13-19(20)24/h4-11,17,20,26H,12-13H2,1-3H3,(H,23,25)/t17-,20+,22-/m1/s1. The second-order valence-corrected chi connectivity index (χ2v) is 7.65. The molecule has 3 rings (SSSR count). The number of rotatable bonds is 3. The Hall–Kier alpha value is -2.46. The summed E-state index contributed by atoms with van der Waals surface area (Å²) in [6.45, 7) is 5.60. The fourth-order valence-corrected chi connectivity index (χ4v) is 3.88. The quantitative estimate of drug-likeness (QED) is 0.828. The van der Waals surface area contributed by atoms with E-state index in [1.54, 1.807) is 6.92 Å². The molecule has 1 aliphatic carbocycles. The van der Waals surface area contributed by atoms with Crippen molar-refractivity contribution in [1.29, 1.82) is 0 Å². The molecule has 136 valence electrons. The Kier molecular flexibility index (Phi) is 4.97. The normalized spacial score (nSPS) is 25.8. The van der Waals surface area contributed by atoms with Crippen molar-refractivity contribution >= 4 is 17.4 Å². The van der Waals surface area contributed by atoms with Gasteiger partial charge in [0.05, 0.1) is 5.60 Å². The molecule has 2 N–H and O–H groups in total. The number of hydrogen-bond donors (Lipinski definition) is 2. The maximum atomic E-state index is 13.0. The number of anilines is 1. The first-order valence-corrected chi connectivity index (χ1v) is 8.95. The smallest absolute Gasteiger partial charge is 0.235 e. The van der Waals surface area contributed by atoms with Crippen LogP contribution >= 0.6 is 0 Å². The third-order valence-electron chi connectivity index (χ3n) is 5.11. The Bertz CT molecular complexity index is 827. The van der Waals surface area contributed by atoms with Crippen molar-refractivity contribution in [3.8, 4) is 0 Å². The van der Waals surface area contributed by atoms with E-state index in [0.29, 0.717) is 6.42 Å². The average Bonchev–Trinajstić information content (AvgIpc) is 2.56. The summed E-state index contributed by atoms with van der Waals surface area (Å²) in [6, 6.07) is 15.3. The van der Waals surface area contributed by atoms with Crippen molar-refractivity contribution in [2.45, 2.75) is 45.1 Å². The molecule has 0 bridgehead atoms. The van der Waals surface area contributed by atoms with Gasteiger partial charge < -0.3 is 10.4 Å². The van der Waals surface area contributed by atoms with Crippen LogP contribution in [0.15, 0.2) is 48.5 Å². The van der Waals surface area contributed by atoms with E-state index in [0.717, 1.165) is 22.4 Å². The van der Waals surface area contributed by atoms with Crippen molar-refractivity contribution < 1.29 is 14.7 Å². The molecule has 4 nitrogen and oxygen atoms in total. The summed E-state index contributed by atoms with van der Waals surface area (Å²) < 4.78 is 0. The third kappa shape index (κ3) is 3.86. The van der Waals surface area contributed by atoms with E-state index in [1.807, 2.05) is 62.4 Å². The van der Waals surface area contributed by atoms with Crippen molar-refractivity contribution in [3.63, 3.8) is 0 Å². The minimum atomic E-state index is -1.09. The summed E-state index contributed by atoms with van der Waals surface area (Å²) >= 11 is 0. The minimum Gasteiger partial charge on any atom is -0.390 e. The molecule has 0 radical (unpaired) electrons. The van der Waals surface area contributed by atoms with Gasteiger partial charge in [-0.15, -0.1) is 0 Å². The van der Waals surface area contributed by atoms with Gasteiger partial charge in [0.25, 0.3) is 0 Å². The first-order chi connectivity index (χ1) is 12.3. The minimum absolute atomic E-state index is 0.00129. The van der Waals surface area contributed by atoms with Crippen LogP contribution in [-0.2, 0) is 9.59 Å². The van der Waals surface area contributed by atoms with Gasteiger partial charge in [0.1, 0.15) is 11.7 Å². The second-order valence-electron chi connectivity index (χ2n) is 7.65. The molecular weight excluding hydrogens is 326 g/mol. The van der Waals surface area contributed by atoms with Gasteiger partial charge in [-0.3, -0.25) is 9.59 Å². The molecule has 26 heavy (non-hydrogen) atoms. The average molecular weight is 351 g/mol. The van der Waals surface area contributed by atoms with E-state index in [4.69, 9.17) is 0 Å². The van der Waals surface area contributed by atoms with Crippen LogP contribution in [0.3, 0.4) is 0 Å². The van der Waals surface area contributed by atoms with Crippen molar-refractivity contribution in [2.24, 2.45) is 5.92 Å². The van der Waals surface area contributed by atoms with Crippen LogP contribution in [-0.4, -0.2) is 22.4 Å². The first kappa shape index (κ1) is 18.3. The van der Waals surface area contributed by atoms with Crippen LogP contribution in [0, 0.1) is 19.8 Å². The molecule has 4 heteroatoms. The highest BCUT2D eigenvalue weighted by Crippen LogP contribution is 2.41. The molecule has 2 aromatic carbocycles. The summed E-state index contributed by atoms with van der Waals surface area (Å²) in [5.41, 5.74) is 2.62. The van der Waals surface area contributed by atoms with Crippen molar-refractivity contribution in [2.75, 3.05) is 5.32 Å². The number of nitrogens with one attached hydrogen (secondary N) is 1. The molecule has 1 aliphatic rings. The fraction of sp³-hybridized carbons (Fsp3) is 0.364. The lowest BCUT2D eigenvalue weighted by atomic mass is 9.68.